The molecule has 88 valence electrons. The maximum absolute atomic E-state index is 11.5. The minimum Gasteiger partial charge on any atom is -0.460 e. The molecular weight excluding hydrogens is 194 g/mol. The number of aliphatic hydroxyl groups excluding tert-OH is 1. The van der Waals surface area contributed by atoms with E-state index in [1.165, 1.54) is 0 Å². The molecular formula is C11H21NO3. The topological polar surface area (TPSA) is 58.6 Å². The molecule has 0 saturated carbocycles. The van der Waals surface area contributed by atoms with Crippen LogP contribution in [0.5, 0.6) is 0 Å². The lowest BCUT2D eigenvalue weighted by Gasteiger charge is -2.28. The van der Waals surface area contributed by atoms with E-state index in [4.69, 9.17) is 4.74 Å². The maximum Gasteiger partial charge on any atom is 0.307 e. The van der Waals surface area contributed by atoms with Crippen LogP contribution in [0.2, 0.25) is 0 Å². The molecule has 0 amide bonds. The average molecular weight is 215 g/mol. The zero-order valence-corrected chi connectivity index (χ0v) is 9.75. The van der Waals surface area contributed by atoms with Crippen molar-refractivity contribution in [2.75, 3.05) is 6.54 Å². The predicted molar refractivity (Wildman–Crippen MR) is 57.5 cm³/mol. The summed E-state index contributed by atoms with van der Waals surface area (Å²) in [6.07, 6.45) is 1.47. The number of carbonyl (C=O) groups excluding carboxylic acids is 1. The molecule has 0 spiro atoms. The second kappa shape index (κ2) is 4.94. The van der Waals surface area contributed by atoms with E-state index in [-0.39, 0.29) is 18.1 Å². The van der Waals surface area contributed by atoms with Crippen LogP contribution < -0.4 is 5.32 Å². The third-order valence-electron chi connectivity index (χ3n) is 2.30. The van der Waals surface area contributed by atoms with E-state index < -0.39 is 5.60 Å². The van der Waals surface area contributed by atoms with Crippen molar-refractivity contribution in [1.82, 2.24) is 5.32 Å². The van der Waals surface area contributed by atoms with Gasteiger partial charge in [0.25, 0.3) is 0 Å². The van der Waals surface area contributed by atoms with Gasteiger partial charge in [0.2, 0.25) is 0 Å². The summed E-state index contributed by atoms with van der Waals surface area (Å²) in [7, 11) is 0. The molecule has 1 fully saturated rings. The Morgan fingerprint density at radius 1 is 1.53 bits per heavy atom. The monoisotopic (exact) mass is 215 g/mol. The van der Waals surface area contributed by atoms with E-state index in [1.807, 2.05) is 20.8 Å². The Morgan fingerprint density at radius 2 is 2.20 bits per heavy atom. The van der Waals surface area contributed by atoms with Crippen molar-refractivity contribution in [3.8, 4) is 0 Å². The van der Waals surface area contributed by atoms with Crippen LogP contribution in [-0.4, -0.2) is 35.4 Å². The Bertz CT molecular complexity index is 222. The summed E-state index contributed by atoms with van der Waals surface area (Å²) in [5.41, 5.74) is -0.426. The second-order valence-corrected chi connectivity index (χ2v) is 5.12. The van der Waals surface area contributed by atoms with Crippen LogP contribution in [0, 0.1) is 0 Å². The van der Waals surface area contributed by atoms with Crippen LogP contribution in [0.25, 0.3) is 0 Å². The molecule has 1 aliphatic rings. The lowest BCUT2D eigenvalue weighted by Crippen LogP contribution is -2.42. The van der Waals surface area contributed by atoms with Crippen molar-refractivity contribution in [2.45, 2.75) is 57.8 Å². The number of aliphatic hydroxyl groups is 1. The van der Waals surface area contributed by atoms with E-state index in [1.54, 1.807) is 0 Å². The molecule has 0 aliphatic carbocycles. The van der Waals surface area contributed by atoms with Crippen molar-refractivity contribution in [3.05, 3.63) is 0 Å². The number of hydrogen-bond donors (Lipinski definition) is 2. The smallest absolute Gasteiger partial charge is 0.307 e. The second-order valence-electron chi connectivity index (χ2n) is 5.12. The molecule has 0 bridgehead atoms. The zero-order chi connectivity index (χ0) is 11.5. The Balaban J connectivity index is 2.31. The van der Waals surface area contributed by atoms with E-state index >= 15 is 0 Å². The molecule has 1 aliphatic heterocycles. The maximum atomic E-state index is 11.5. The van der Waals surface area contributed by atoms with Gasteiger partial charge < -0.3 is 15.2 Å². The summed E-state index contributed by atoms with van der Waals surface area (Å²) < 4.78 is 5.22. The summed E-state index contributed by atoms with van der Waals surface area (Å²) in [5.74, 6) is -0.200. The molecule has 0 radical (unpaired) electrons. The number of carbonyl (C=O) groups is 1. The summed E-state index contributed by atoms with van der Waals surface area (Å²) in [6, 6.07) is 0.0589. The van der Waals surface area contributed by atoms with Gasteiger partial charge in [-0.15, -0.1) is 0 Å². The van der Waals surface area contributed by atoms with E-state index in [0.29, 0.717) is 12.8 Å². The van der Waals surface area contributed by atoms with Gasteiger partial charge in [-0.3, -0.25) is 4.79 Å². The molecule has 2 atom stereocenters. The number of piperidine rings is 1. The Hall–Kier alpha value is -0.610. The average Bonchev–Trinajstić information content (AvgIpc) is 1.99. The molecule has 4 heteroatoms. The van der Waals surface area contributed by atoms with Crippen LogP contribution in [0.1, 0.15) is 40.0 Å². The van der Waals surface area contributed by atoms with Gasteiger partial charge in [0.15, 0.2) is 0 Å². The van der Waals surface area contributed by atoms with Crippen molar-refractivity contribution in [1.29, 1.82) is 0 Å². The lowest BCUT2D eigenvalue weighted by molar-refractivity contribution is -0.155. The van der Waals surface area contributed by atoms with Gasteiger partial charge in [-0.2, -0.15) is 0 Å². The molecule has 1 rings (SSSR count). The van der Waals surface area contributed by atoms with Crippen LogP contribution in [0.15, 0.2) is 0 Å². The largest absolute Gasteiger partial charge is 0.460 e. The number of esters is 1. The lowest BCUT2D eigenvalue weighted by atomic mass is 9.99. The Labute approximate surface area is 91.0 Å². The molecule has 1 heterocycles. The normalized spacial score (nSPS) is 27.5. The van der Waals surface area contributed by atoms with E-state index in [0.717, 1.165) is 13.0 Å². The fourth-order valence-corrected chi connectivity index (χ4v) is 1.72. The number of nitrogens with one attached hydrogen (secondary N) is 1. The van der Waals surface area contributed by atoms with E-state index in [2.05, 4.69) is 5.32 Å². The first kappa shape index (κ1) is 12.5. The van der Waals surface area contributed by atoms with Crippen LogP contribution in [-0.2, 0) is 9.53 Å². The van der Waals surface area contributed by atoms with Crippen molar-refractivity contribution < 1.29 is 14.6 Å². The minimum absolute atomic E-state index is 0.0589. The van der Waals surface area contributed by atoms with Crippen molar-refractivity contribution in [3.63, 3.8) is 0 Å². The molecule has 2 N–H and O–H groups in total. The highest BCUT2D eigenvalue weighted by molar-refractivity contribution is 5.70. The molecule has 0 aromatic heterocycles. The van der Waals surface area contributed by atoms with Gasteiger partial charge in [0, 0.05) is 6.04 Å². The number of hydrogen-bond acceptors (Lipinski definition) is 4. The third kappa shape index (κ3) is 5.14. The Morgan fingerprint density at radius 3 is 2.73 bits per heavy atom. The Kier molecular flexibility index (Phi) is 4.11. The quantitative estimate of drug-likeness (QED) is 0.670. The summed E-state index contributed by atoms with van der Waals surface area (Å²) in [5, 5.41) is 12.6. The van der Waals surface area contributed by atoms with Gasteiger partial charge in [0.05, 0.1) is 12.5 Å². The van der Waals surface area contributed by atoms with Gasteiger partial charge in [-0.1, -0.05) is 0 Å². The highest BCUT2D eigenvalue weighted by Gasteiger charge is 2.24. The number of ether oxygens (including phenoxy) is 1. The molecule has 15 heavy (non-hydrogen) atoms. The first-order valence-electron chi connectivity index (χ1n) is 5.50. The minimum atomic E-state index is -0.426. The van der Waals surface area contributed by atoms with Crippen molar-refractivity contribution >= 4 is 5.97 Å². The molecule has 0 aromatic rings. The summed E-state index contributed by atoms with van der Waals surface area (Å²) in [4.78, 5) is 11.5. The molecule has 4 nitrogen and oxygen atoms in total. The van der Waals surface area contributed by atoms with Gasteiger partial charge in [-0.05, 0) is 40.2 Å². The van der Waals surface area contributed by atoms with Crippen LogP contribution in [0.3, 0.4) is 0 Å². The zero-order valence-electron chi connectivity index (χ0n) is 9.75. The highest BCUT2D eigenvalue weighted by atomic mass is 16.6. The first-order chi connectivity index (χ1) is 6.87. The van der Waals surface area contributed by atoms with Crippen molar-refractivity contribution in [2.24, 2.45) is 0 Å². The predicted octanol–water partition coefficient (Wildman–Crippen LogP) is 0.831. The number of rotatable bonds is 2. The fourth-order valence-electron chi connectivity index (χ4n) is 1.72. The van der Waals surface area contributed by atoms with Crippen LogP contribution in [0.4, 0.5) is 0 Å². The summed E-state index contributed by atoms with van der Waals surface area (Å²) >= 11 is 0. The standard InChI is InChI=1S/C11H21NO3/c1-11(2,3)15-10(14)7-8-6-9(13)4-5-12-8/h8-9,12-13H,4-7H2,1-3H3/t8-,9+/m1/s1. The van der Waals surface area contributed by atoms with Crippen LogP contribution >= 0.6 is 0 Å². The highest BCUT2D eigenvalue weighted by Crippen LogP contribution is 2.14. The summed E-state index contributed by atoms with van der Waals surface area (Å²) in [6.45, 7) is 6.34. The van der Waals surface area contributed by atoms with E-state index in [9.17, 15) is 9.90 Å². The van der Waals surface area contributed by atoms with Gasteiger partial charge >= 0.3 is 5.97 Å². The fraction of sp³-hybridized carbons (Fsp3) is 0.909. The van der Waals surface area contributed by atoms with Gasteiger partial charge in [0.1, 0.15) is 5.60 Å². The molecule has 1 saturated heterocycles. The van der Waals surface area contributed by atoms with Gasteiger partial charge in [-0.25, -0.2) is 0 Å². The first-order valence-corrected chi connectivity index (χ1v) is 5.50. The molecule has 0 unspecified atom stereocenters. The SMILES string of the molecule is CC(C)(C)OC(=O)C[C@H]1C[C@@H](O)CCN1. The third-order valence-corrected chi connectivity index (χ3v) is 2.30. The molecule has 0 aromatic carbocycles.